The molecule has 0 N–H and O–H groups in total. The van der Waals surface area contributed by atoms with E-state index >= 15 is 4.39 Å². The summed E-state index contributed by atoms with van der Waals surface area (Å²) < 4.78 is 72.8. The number of pyridine rings is 1. The minimum Gasteiger partial charge on any atom is -0.473 e. The van der Waals surface area contributed by atoms with Crippen molar-refractivity contribution in [1.29, 1.82) is 0 Å². The lowest BCUT2D eigenvalue weighted by Crippen LogP contribution is -2.10. The van der Waals surface area contributed by atoms with Gasteiger partial charge < -0.3 is 18.8 Å². The van der Waals surface area contributed by atoms with Crippen LogP contribution in [0, 0.1) is 11.6 Å². The first-order valence-electron chi connectivity index (χ1n) is 13.3. The SMILES string of the molecule is COCCn1c(Cc2ccc(-c3cccc(OCc4ccc(C(F)F)cc4F)n3)cc2F)nc2ccc(C(=O)OC)cc21. The minimum atomic E-state index is -2.77. The van der Waals surface area contributed by atoms with Gasteiger partial charge in [-0.25, -0.2) is 32.3 Å². The molecule has 7 nitrogen and oxygen atoms in total. The van der Waals surface area contributed by atoms with Gasteiger partial charge in [0.25, 0.3) is 6.43 Å². The van der Waals surface area contributed by atoms with Crippen molar-refractivity contribution < 1.29 is 36.6 Å². The normalized spacial score (nSPS) is 11.3. The largest absolute Gasteiger partial charge is 0.473 e. The molecule has 222 valence electrons. The van der Waals surface area contributed by atoms with Crippen LogP contribution in [0.25, 0.3) is 22.3 Å². The maximum Gasteiger partial charge on any atom is 0.337 e. The summed E-state index contributed by atoms with van der Waals surface area (Å²) in [5.41, 5.74) is 2.76. The van der Waals surface area contributed by atoms with Gasteiger partial charge >= 0.3 is 5.97 Å². The van der Waals surface area contributed by atoms with Crippen molar-refractivity contribution in [3.05, 3.63) is 113 Å². The van der Waals surface area contributed by atoms with Crippen LogP contribution in [0.5, 0.6) is 5.88 Å². The predicted molar refractivity (Wildman–Crippen MR) is 151 cm³/mol. The summed E-state index contributed by atoms with van der Waals surface area (Å²) in [7, 11) is 2.89. The second-order valence-corrected chi connectivity index (χ2v) is 9.65. The van der Waals surface area contributed by atoms with Gasteiger partial charge in [0.05, 0.1) is 36.0 Å². The average molecular weight is 594 g/mol. The van der Waals surface area contributed by atoms with Crippen LogP contribution in [0.4, 0.5) is 17.6 Å². The Hall–Kier alpha value is -4.77. The molecule has 5 aromatic rings. The molecular formula is C32H27F4N3O4. The predicted octanol–water partition coefficient (Wildman–Crippen LogP) is 6.92. The van der Waals surface area contributed by atoms with E-state index in [0.29, 0.717) is 52.4 Å². The molecule has 0 fully saturated rings. The lowest BCUT2D eigenvalue weighted by molar-refractivity contribution is 0.0601. The minimum absolute atomic E-state index is 0.102. The van der Waals surface area contributed by atoms with Gasteiger partial charge in [-0.05, 0) is 42.0 Å². The van der Waals surface area contributed by atoms with E-state index in [1.165, 1.54) is 19.2 Å². The van der Waals surface area contributed by atoms with E-state index in [2.05, 4.69) is 9.97 Å². The van der Waals surface area contributed by atoms with E-state index in [9.17, 15) is 18.0 Å². The van der Waals surface area contributed by atoms with Gasteiger partial charge in [0.2, 0.25) is 5.88 Å². The zero-order valence-electron chi connectivity index (χ0n) is 23.3. The summed E-state index contributed by atoms with van der Waals surface area (Å²) in [6, 6.07) is 17.9. The fraction of sp³-hybridized carbons (Fsp3) is 0.219. The van der Waals surface area contributed by atoms with Crippen molar-refractivity contribution in [2.24, 2.45) is 0 Å². The summed E-state index contributed by atoms with van der Waals surface area (Å²) in [5.74, 6) is -0.970. The number of imidazole rings is 1. The molecule has 0 unspecified atom stereocenters. The molecule has 0 atom stereocenters. The molecule has 0 radical (unpaired) electrons. The van der Waals surface area contributed by atoms with Gasteiger partial charge in [-0.3, -0.25) is 0 Å². The quantitative estimate of drug-likeness (QED) is 0.122. The number of methoxy groups -OCH3 is 2. The number of fused-ring (bicyclic) bond motifs is 1. The molecule has 0 aliphatic heterocycles. The van der Waals surface area contributed by atoms with Crippen LogP contribution in [0.15, 0.2) is 72.8 Å². The monoisotopic (exact) mass is 593 g/mol. The molecule has 0 amide bonds. The third kappa shape index (κ3) is 6.67. The van der Waals surface area contributed by atoms with Crippen LogP contribution in [0.2, 0.25) is 0 Å². The highest BCUT2D eigenvalue weighted by Gasteiger charge is 2.17. The summed E-state index contributed by atoms with van der Waals surface area (Å²) in [4.78, 5) is 21.1. The second kappa shape index (κ2) is 13.0. The highest BCUT2D eigenvalue weighted by atomic mass is 19.3. The average Bonchev–Trinajstić information content (AvgIpc) is 3.35. The Morgan fingerprint density at radius 2 is 1.70 bits per heavy atom. The number of alkyl halides is 2. The second-order valence-electron chi connectivity index (χ2n) is 9.65. The number of carbonyl (C=O) groups excluding carboxylic acids is 1. The number of halogens is 4. The number of carbonyl (C=O) groups is 1. The summed E-state index contributed by atoms with van der Waals surface area (Å²) in [6.45, 7) is 0.619. The zero-order chi connectivity index (χ0) is 30.5. The number of benzene rings is 3. The number of rotatable bonds is 11. The first kappa shape index (κ1) is 29.7. The van der Waals surface area contributed by atoms with Gasteiger partial charge in [0, 0.05) is 42.8 Å². The Bertz CT molecular complexity index is 1770. The highest BCUT2D eigenvalue weighted by molar-refractivity contribution is 5.93. The number of ether oxygens (including phenoxy) is 3. The Labute approximate surface area is 244 Å². The van der Waals surface area contributed by atoms with Crippen molar-refractivity contribution in [3.63, 3.8) is 0 Å². The standard InChI is InChI=1S/C32H27F4N3O4/c1-41-13-12-39-28-16-22(32(40)42-2)10-11-27(28)37-29(39)17-19-6-7-20(14-24(19)33)26-4-3-5-30(38-26)43-18-23-9-8-21(31(35)36)15-25(23)34/h3-11,14-16,31H,12-13,17-18H2,1-2H3. The number of aromatic nitrogens is 3. The summed E-state index contributed by atoms with van der Waals surface area (Å²) >= 11 is 0. The van der Waals surface area contributed by atoms with Gasteiger partial charge in [0.1, 0.15) is 24.1 Å². The number of hydrogen-bond donors (Lipinski definition) is 0. The van der Waals surface area contributed by atoms with Gasteiger partial charge in [-0.15, -0.1) is 0 Å². The van der Waals surface area contributed by atoms with Gasteiger partial charge in [0.15, 0.2) is 0 Å². The smallest absolute Gasteiger partial charge is 0.337 e. The van der Waals surface area contributed by atoms with E-state index in [0.717, 1.165) is 12.1 Å². The highest BCUT2D eigenvalue weighted by Crippen LogP contribution is 2.27. The lowest BCUT2D eigenvalue weighted by atomic mass is 10.1. The fourth-order valence-electron chi connectivity index (χ4n) is 4.63. The molecule has 0 aliphatic rings. The molecule has 0 saturated heterocycles. The van der Waals surface area contributed by atoms with Crippen LogP contribution in [-0.4, -0.2) is 41.3 Å². The van der Waals surface area contributed by atoms with E-state index in [4.69, 9.17) is 14.2 Å². The third-order valence-electron chi connectivity index (χ3n) is 6.89. The Morgan fingerprint density at radius 3 is 2.42 bits per heavy atom. The van der Waals surface area contributed by atoms with Crippen molar-refractivity contribution in [1.82, 2.24) is 14.5 Å². The molecule has 5 rings (SSSR count). The molecular weight excluding hydrogens is 566 g/mol. The number of hydrogen-bond acceptors (Lipinski definition) is 6. The van der Waals surface area contributed by atoms with Crippen LogP contribution in [-0.2, 0) is 29.0 Å². The molecule has 3 aromatic carbocycles. The first-order valence-corrected chi connectivity index (χ1v) is 13.3. The number of nitrogens with zero attached hydrogens (tertiary/aromatic N) is 3. The van der Waals surface area contributed by atoms with Crippen LogP contribution < -0.4 is 4.74 Å². The zero-order valence-corrected chi connectivity index (χ0v) is 23.3. The Kier molecular flexibility index (Phi) is 9.01. The maximum absolute atomic E-state index is 15.4. The topological polar surface area (TPSA) is 75.5 Å². The first-order chi connectivity index (χ1) is 20.8. The van der Waals surface area contributed by atoms with E-state index in [-0.39, 0.29) is 24.5 Å². The van der Waals surface area contributed by atoms with Crippen LogP contribution in [0.3, 0.4) is 0 Å². The van der Waals surface area contributed by atoms with Crippen molar-refractivity contribution in [2.45, 2.75) is 26.0 Å². The van der Waals surface area contributed by atoms with E-state index in [1.807, 2.05) is 4.57 Å². The van der Waals surface area contributed by atoms with Crippen molar-refractivity contribution >= 4 is 17.0 Å². The number of esters is 1. The van der Waals surface area contributed by atoms with E-state index in [1.54, 1.807) is 55.6 Å². The molecule has 0 saturated carbocycles. The molecule has 0 aliphatic carbocycles. The third-order valence-corrected chi connectivity index (χ3v) is 6.89. The molecule has 0 spiro atoms. The Balaban J connectivity index is 1.35. The van der Waals surface area contributed by atoms with E-state index < -0.39 is 29.6 Å². The molecule has 0 bridgehead atoms. The van der Waals surface area contributed by atoms with Crippen LogP contribution in [0.1, 0.15) is 39.3 Å². The van der Waals surface area contributed by atoms with Gasteiger partial charge in [-0.1, -0.05) is 30.3 Å². The lowest BCUT2D eigenvalue weighted by Gasteiger charge is -2.11. The molecule has 11 heteroatoms. The summed E-state index contributed by atoms with van der Waals surface area (Å²) in [6.07, 6.45) is -2.59. The molecule has 43 heavy (non-hydrogen) atoms. The van der Waals surface area contributed by atoms with Gasteiger partial charge in [-0.2, -0.15) is 0 Å². The van der Waals surface area contributed by atoms with Crippen LogP contribution >= 0.6 is 0 Å². The Morgan fingerprint density at radius 1 is 0.907 bits per heavy atom. The van der Waals surface area contributed by atoms with Crippen molar-refractivity contribution in [3.8, 4) is 17.1 Å². The molecule has 2 heterocycles. The fourth-order valence-corrected chi connectivity index (χ4v) is 4.63. The maximum atomic E-state index is 15.4. The molecule has 2 aromatic heterocycles. The summed E-state index contributed by atoms with van der Waals surface area (Å²) in [5, 5.41) is 0. The van der Waals surface area contributed by atoms with Crippen molar-refractivity contribution in [2.75, 3.05) is 20.8 Å².